The first-order valence-corrected chi connectivity index (χ1v) is 7.51. The molecule has 0 bridgehead atoms. The molecule has 116 valence electrons. The monoisotopic (exact) mass is 285 g/mol. The van der Waals surface area contributed by atoms with Crippen molar-refractivity contribution in [1.82, 2.24) is 15.5 Å². The van der Waals surface area contributed by atoms with Gasteiger partial charge in [0.2, 0.25) is 5.91 Å². The Bertz CT molecular complexity index is 304. The molecule has 0 aliphatic carbocycles. The zero-order valence-electron chi connectivity index (χ0n) is 12.6. The van der Waals surface area contributed by atoms with Crippen LogP contribution in [0.5, 0.6) is 0 Å². The first kappa shape index (κ1) is 16.9. The lowest BCUT2D eigenvalue weighted by atomic mass is 10.1. The Morgan fingerprint density at radius 2 is 2.10 bits per heavy atom. The Hall–Kier alpha value is -1.14. The third kappa shape index (κ3) is 6.86. The predicted octanol–water partition coefficient (Wildman–Crippen LogP) is 1.11. The number of ether oxygens (including phenoxy) is 1. The lowest BCUT2D eigenvalue weighted by molar-refractivity contribution is -0.120. The number of carbonyl (C=O) groups is 2. The molecule has 0 unspecified atom stereocenters. The smallest absolute Gasteiger partial charge is 0.321 e. The Morgan fingerprint density at radius 1 is 1.30 bits per heavy atom. The van der Waals surface area contributed by atoms with Crippen LogP contribution in [0.1, 0.15) is 39.0 Å². The number of nitrogens with one attached hydrogen (secondary N) is 2. The quantitative estimate of drug-likeness (QED) is 0.735. The molecule has 0 spiro atoms. The second-order valence-electron chi connectivity index (χ2n) is 5.17. The van der Waals surface area contributed by atoms with Crippen molar-refractivity contribution < 1.29 is 14.3 Å². The Labute approximate surface area is 121 Å². The topological polar surface area (TPSA) is 70.7 Å². The van der Waals surface area contributed by atoms with Gasteiger partial charge >= 0.3 is 6.03 Å². The number of carbonyl (C=O) groups excluding carboxylic acids is 2. The minimum absolute atomic E-state index is 0.241. The second-order valence-corrected chi connectivity index (χ2v) is 5.17. The third-order valence-corrected chi connectivity index (χ3v) is 3.41. The van der Waals surface area contributed by atoms with E-state index in [1.54, 1.807) is 0 Å². The van der Waals surface area contributed by atoms with E-state index >= 15 is 0 Å². The Kier molecular flexibility index (Phi) is 8.22. The van der Waals surface area contributed by atoms with Gasteiger partial charge < -0.3 is 15.0 Å². The highest BCUT2D eigenvalue weighted by atomic mass is 16.5. The molecule has 0 aromatic rings. The van der Waals surface area contributed by atoms with Crippen LogP contribution in [0.3, 0.4) is 0 Å². The van der Waals surface area contributed by atoms with E-state index in [0.717, 1.165) is 39.0 Å². The molecule has 3 amide bonds. The van der Waals surface area contributed by atoms with Gasteiger partial charge in [0, 0.05) is 33.2 Å². The summed E-state index contributed by atoms with van der Waals surface area (Å²) in [5.41, 5.74) is 0. The van der Waals surface area contributed by atoms with E-state index in [4.69, 9.17) is 4.74 Å². The number of hydrogen-bond acceptors (Lipinski definition) is 4. The van der Waals surface area contributed by atoms with Crippen molar-refractivity contribution in [2.24, 2.45) is 0 Å². The normalized spacial score (nSPS) is 18.9. The number of imide groups is 1. The molecule has 2 N–H and O–H groups in total. The fraction of sp³-hybridized carbons (Fsp3) is 0.857. The van der Waals surface area contributed by atoms with Crippen molar-refractivity contribution in [3.8, 4) is 0 Å². The highest BCUT2D eigenvalue weighted by molar-refractivity contribution is 5.94. The summed E-state index contributed by atoms with van der Waals surface area (Å²) in [6, 6.07) is -0.451. The molecule has 1 aliphatic rings. The summed E-state index contributed by atoms with van der Waals surface area (Å²) >= 11 is 0. The second kappa shape index (κ2) is 9.72. The van der Waals surface area contributed by atoms with Gasteiger partial charge in [-0.05, 0) is 32.2 Å². The van der Waals surface area contributed by atoms with E-state index in [9.17, 15) is 9.59 Å². The van der Waals surface area contributed by atoms with E-state index in [1.165, 1.54) is 13.5 Å². The van der Waals surface area contributed by atoms with Gasteiger partial charge in [-0.2, -0.15) is 0 Å². The first-order chi connectivity index (χ1) is 9.65. The van der Waals surface area contributed by atoms with Gasteiger partial charge in [0.1, 0.15) is 0 Å². The Morgan fingerprint density at radius 3 is 2.70 bits per heavy atom. The number of urea groups is 1. The zero-order valence-corrected chi connectivity index (χ0v) is 12.6. The minimum Gasteiger partial charge on any atom is -0.377 e. The summed E-state index contributed by atoms with van der Waals surface area (Å²) in [7, 11) is 1.49. The molecule has 0 aromatic carbocycles. The fourth-order valence-corrected chi connectivity index (χ4v) is 2.36. The van der Waals surface area contributed by atoms with E-state index in [0.29, 0.717) is 13.0 Å². The van der Waals surface area contributed by atoms with Crippen LogP contribution < -0.4 is 10.6 Å². The van der Waals surface area contributed by atoms with Crippen LogP contribution in [-0.4, -0.2) is 56.2 Å². The number of amides is 3. The van der Waals surface area contributed by atoms with Crippen molar-refractivity contribution in [3.63, 3.8) is 0 Å². The van der Waals surface area contributed by atoms with Crippen LogP contribution in [0.25, 0.3) is 0 Å². The molecule has 0 aromatic heterocycles. The summed E-state index contributed by atoms with van der Waals surface area (Å²) in [6.45, 7) is 5.46. The molecule has 1 atom stereocenters. The lowest BCUT2D eigenvalue weighted by Gasteiger charge is -2.29. The van der Waals surface area contributed by atoms with Crippen LogP contribution >= 0.6 is 0 Å². The molecule has 1 heterocycles. The van der Waals surface area contributed by atoms with E-state index in [-0.39, 0.29) is 12.0 Å². The van der Waals surface area contributed by atoms with Crippen molar-refractivity contribution in [3.05, 3.63) is 0 Å². The third-order valence-electron chi connectivity index (χ3n) is 3.41. The van der Waals surface area contributed by atoms with Crippen LogP contribution in [0.4, 0.5) is 4.79 Å². The van der Waals surface area contributed by atoms with Crippen LogP contribution in [0.15, 0.2) is 0 Å². The standard InChI is InChI=1S/C14H27N3O3/c1-3-8-17(11-12-6-4-5-10-20-12)9-7-13(18)16-14(19)15-2/h12H,3-11H2,1-2H3,(H2,15,16,18,19)/t12-/m1/s1. The van der Waals surface area contributed by atoms with Crippen LogP contribution in [0, 0.1) is 0 Å². The summed E-state index contributed by atoms with van der Waals surface area (Å²) in [5, 5.41) is 4.65. The number of rotatable bonds is 7. The van der Waals surface area contributed by atoms with E-state index in [2.05, 4.69) is 22.5 Å². The van der Waals surface area contributed by atoms with Crippen molar-refractivity contribution in [1.29, 1.82) is 0 Å². The van der Waals surface area contributed by atoms with Gasteiger partial charge in [0.15, 0.2) is 0 Å². The molecule has 1 rings (SSSR count). The van der Waals surface area contributed by atoms with Crippen molar-refractivity contribution in [2.45, 2.75) is 45.1 Å². The SMILES string of the molecule is CCCN(CCC(=O)NC(=O)NC)C[C@H]1CCCCO1. The molecular weight excluding hydrogens is 258 g/mol. The Balaban J connectivity index is 2.30. The zero-order chi connectivity index (χ0) is 14.8. The van der Waals surface area contributed by atoms with E-state index < -0.39 is 6.03 Å². The summed E-state index contributed by atoms with van der Waals surface area (Å²) in [4.78, 5) is 24.9. The molecule has 6 nitrogen and oxygen atoms in total. The molecule has 1 saturated heterocycles. The van der Waals surface area contributed by atoms with Crippen LogP contribution in [-0.2, 0) is 9.53 Å². The molecule has 1 fully saturated rings. The van der Waals surface area contributed by atoms with E-state index in [1.807, 2.05) is 0 Å². The number of hydrogen-bond donors (Lipinski definition) is 2. The molecule has 0 saturated carbocycles. The summed E-state index contributed by atoms with van der Waals surface area (Å²) < 4.78 is 5.74. The van der Waals surface area contributed by atoms with Gasteiger partial charge in [0.25, 0.3) is 0 Å². The molecule has 20 heavy (non-hydrogen) atoms. The molecule has 6 heteroatoms. The first-order valence-electron chi connectivity index (χ1n) is 7.51. The van der Waals surface area contributed by atoms with Crippen LogP contribution in [0.2, 0.25) is 0 Å². The highest BCUT2D eigenvalue weighted by Gasteiger charge is 2.18. The highest BCUT2D eigenvalue weighted by Crippen LogP contribution is 2.14. The van der Waals surface area contributed by atoms with Gasteiger partial charge in [-0.1, -0.05) is 6.92 Å². The predicted molar refractivity (Wildman–Crippen MR) is 77.5 cm³/mol. The summed E-state index contributed by atoms with van der Waals surface area (Å²) in [5.74, 6) is -0.241. The maximum absolute atomic E-state index is 11.6. The maximum Gasteiger partial charge on any atom is 0.321 e. The average Bonchev–Trinajstić information content (AvgIpc) is 2.46. The lowest BCUT2D eigenvalue weighted by Crippen LogP contribution is -2.41. The van der Waals surface area contributed by atoms with Gasteiger partial charge in [-0.15, -0.1) is 0 Å². The average molecular weight is 285 g/mol. The van der Waals surface area contributed by atoms with Gasteiger partial charge in [-0.25, -0.2) is 4.79 Å². The minimum atomic E-state index is -0.451. The fourth-order valence-electron chi connectivity index (χ4n) is 2.36. The molecule has 1 aliphatic heterocycles. The number of nitrogens with zero attached hydrogens (tertiary/aromatic N) is 1. The van der Waals surface area contributed by atoms with Gasteiger partial charge in [-0.3, -0.25) is 10.1 Å². The van der Waals surface area contributed by atoms with Crippen molar-refractivity contribution in [2.75, 3.05) is 33.3 Å². The summed E-state index contributed by atoms with van der Waals surface area (Å²) in [6.07, 6.45) is 5.15. The largest absolute Gasteiger partial charge is 0.377 e. The molecular formula is C14H27N3O3. The maximum atomic E-state index is 11.6. The molecule has 0 radical (unpaired) electrons. The van der Waals surface area contributed by atoms with Gasteiger partial charge in [0.05, 0.1) is 6.10 Å². The van der Waals surface area contributed by atoms with Crippen molar-refractivity contribution >= 4 is 11.9 Å².